The lowest BCUT2D eigenvalue weighted by molar-refractivity contribution is -0.275. The predicted octanol–water partition coefficient (Wildman–Crippen LogP) is 5.03. The molecule has 0 bridgehead atoms. The summed E-state index contributed by atoms with van der Waals surface area (Å²) in [6.07, 6.45) is -5.36. The van der Waals surface area contributed by atoms with Crippen molar-refractivity contribution in [1.29, 1.82) is 5.26 Å². The summed E-state index contributed by atoms with van der Waals surface area (Å²) in [5, 5.41) is 12.6. The van der Waals surface area contributed by atoms with Gasteiger partial charge in [-0.1, -0.05) is 34.4 Å². The highest BCUT2D eigenvalue weighted by Crippen LogP contribution is 2.49. The molecule has 0 aromatic heterocycles. The normalized spacial score (nSPS) is 19.6. The van der Waals surface area contributed by atoms with Gasteiger partial charge in [-0.25, -0.2) is 0 Å². The quantitative estimate of drug-likeness (QED) is 0.719. The van der Waals surface area contributed by atoms with Crippen LogP contribution >= 0.6 is 23.2 Å². The molecule has 2 aromatic rings. The molecule has 0 fully saturated rings. The van der Waals surface area contributed by atoms with E-state index < -0.39 is 18.2 Å². The molecule has 0 amide bonds. The number of nitriles is 1. The lowest BCUT2D eigenvalue weighted by atomic mass is 9.86. The zero-order valence-corrected chi connectivity index (χ0v) is 14.5. The van der Waals surface area contributed by atoms with E-state index in [0.717, 1.165) is 12.1 Å². The number of oxime groups is 1. The first kappa shape index (κ1) is 18.4. The van der Waals surface area contributed by atoms with E-state index in [4.69, 9.17) is 39.0 Å². The van der Waals surface area contributed by atoms with Crippen LogP contribution in [0.4, 0.5) is 18.9 Å². The number of hydrogen-bond donors (Lipinski definition) is 1. The fourth-order valence-corrected chi connectivity index (χ4v) is 3.22. The van der Waals surface area contributed by atoms with E-state index >= 15 is 0 Å². The van der Waals surface area contributed by atoms with Gasteiger partial charge in [0.05, 0.1) is 17.0 Å². The van der Waals surface area contributed by atoms with Crippen LogP contribution in [0.15, 0.2) is 41.6 Å². The maximum atomic E-state index is 13.9. The van der Waals surface area contributed by atoms with Crippen molar-refractivity contribution in [2.75, 3.05) is 5.73 Å². The van der Waals surface area contributed by atoms with E-state index in [1.165, 1.54) is 24.3 Å². The Morgan fingerprint density at radius 2 is 1.81 bits per heavy atom. The molecule has 0 aliphatic carbocycles. The third-order valence-corrected chi connectivity index (χ3v) is 4.46. The van der Waals surface area contributed by atoms with E-state index in [2.05, 4.69) is 5.16 Å². The Hall–Kier alpha value is -2.43. The van der Waals surface area contributed by atoms with Gasteiger partial charge in [-0.15, -0.1) is 0 Å². The fraction of sp³-hybridized carbons (Fsp3) is 0.176. The summed E-state index contributed by atoms with van der Waals surface area (Å²) in [5.41, 5.74) is 3.52. The number of anilines is 1. The van der Waals surface area contributed by atoms with E-state index in [1.807, 2.05) is 6.07 Å². The SMILES string of the molecule is N#Cc1ccc(C2=NOC(c3cc(Cl)cc(Cl)c3)(C(F)(F)F)C2)cc1N. The van der Waals surface area contributed by atoms with Crippen LogP contribution in [0.1, 0.15) is 23.1 Å². The maximum Gasteiger partial charge on any atom is 0.435 e. The molecule has 1 aliphatic rings. The van der Waals surface area contributed by atoms with Crippen molar-refractivity contribution in [3.05, 3.63) is 63.1 Å². The van der Waals surface area contributed by atoms with Gasteiger partial charge in [0.25, 0.3) is 5.60 Å². The molecule has 0 radical (unpaired) electrons. The van der Waals surface area contributed by atoms with Crippen molar-refractivity contribution >= 4 is 34.6 Å². The van der Waals surface area contributed by atoms with Crippen LogP contribution in [0.2, 0.25) is 10.0 Å². The minimum Gasteiger partial charge on any atom is -0.398 e. The first-order valence-corrected chi connectivity index (χ1v) is 8.00. The summed E-state index contributed by atoms with van der Waals surface area (Å²) in [6.45, 7) is 0. The molecule has 134 valence electrons. The van der Waals surface area contributed by atoms with Crippen LogP contribution in [0.3, 0.4) is 0 Å². The second-order valence-electron chi connectivity index (χ2n) is 5.70. The lowest BCUT2D eigenvalue weighted by Crippen LogP contribution is -2.42. The molecule has 1 atom stereocenters. The van der Waals surface area contributed by atoms with Crippen LogP contribution in [0.5, 0.6) is 0 Å². The molecular formula is C17H10Cl2F3N3O. The molecular weight excluding hydrogens is 390 g/mol. The summed E-state index contributed by atoms with van der Waals surface area (Å²) >= 11 is 11.7. The standard InChI is InChI=1S/C17H10Cl2F3N3O/c18-12-4-11(5-13(19)6-12)16(17(20,21)22)7-15(25-26-16)9-1-2-10(8-23)14(24)3-9/h1-6H,7,24H2. The number of hydrogen-bond acceptors (Lipinski definition) is 4. The highest BCUT2D eigenvalue weighted by molar-refractivity contribution is 6.34. The molecule has 0 saturated carbocycles. The van der Waals surface area contributed by atoms with Gasteiger partial charge in [0.2, 0.25) is 0 Å². The van der Waals surface area contributed by atoms with Crippen molar-refractivity contribution < 1.29 is 18.0 Å². The summed E-state index contributed by atoms with van der Waals surface area (Å²) in [7, 11) is 0. The zero-order valence-electron chi connectivity index (χ0n) is 12.9. The van der Waals surface area contributed by atoms with Gasteiger partial charge in [0.1, 0.15) is 6.07 Å². The fourth-order valence-electron chi connectivity index (χ4n) is 2.69. The van der Waals surface area contributed by atoms with Crippen LogP contribution in [0, 0.1) is 11.3 Å². The van der Waals surface area contributed by atoms with Crippen molar-refractivity contribution in [3.8, 4) is 6.07 Å². The highest BCUT2D eigenvalue weighted by atomic mass is 35.5. The third-order valence-electron chi connectivity index (χ3n) is 4.02. The first-order chi connectivity index (χ1) is 12.2. The number of alkyl halides is 3. The second-order valence-corrected chi connectivity index (χ2v) is 6.58. The Morgan fingerprint density at radius 1 is 1.15 bits per heavy atom. The molecule has 9 heteroatoms. The molecule has 0 spiro atoms. The number of nitrogen functional groups attached to an aromatic ring is 1. The number of nitrogens with zero attached hydrogens (tertiary/aromatic N) is 2. The summed E-state index contributed by atoms with van der Waals surface area (Å²) in [4.78, 5) is 4.90. The number of rotatable bonds is 2. The third kappa shape index (κ3) is 3.06. The second kappa shape index (κ2) is 6.38. The van der Waals surface area contributed by atoms with Gasteiger partial charge < -0.3 is 10.6 Å². The number of benzene rings is 2. The Kier molecular flexibility index (Phi) is 4.51. The average Bonchev–Trinajstić information content (AvgIpc) is 3.00. The lowest BCUT2D eigenvalue weighted by Gasteiger charge is -2.29. The number of nitrogens with two attached hydrogens (primary N) is 1. The van der Waals surface area contributed by atoms with E-state index in [9.17, 15) is 13.2 Å². The first-order valence-electron chi connectivity index (χ1n) is 7.24. The molecule has 1 aliphatic heterocycles. The van der Waals surface area contributed by atoms with Gasteiger partial charge in [-0.05, 0) is 30.3 Å². The molecule has 26 heavy (non-hydrogen) atoms. The van der Waals surface area contributed by atoms with Crippen LogP contribution in [0.25, 0.3) is 0 Å². The Labute approximate surface area is 156 Å². The van der Waals surface area contributed by atoms with Gasteiger partial charge >= 0.3 is 6.18 Å². The predicted molar refractivity (Wildman–Crippen MR) is 92.0 cm³/mol. The van der Waals surface area contributed by atoms with E-state index in [1.54, 1.807) is 0 Å². The monoisotopic (exact) mass is 399 g/mol. The molecule has 3 rings (SSSR count). The summed E-state index contributed by atoms with van der Waals surface area (Å²) < 4.78 is 41.7. The number of halogens is 5. The van der Waals surface area contributed by atoms with Crippen LogP contribution < -0.4 is 5.73 Å². The molecule has 1 unspecified atom stereocenters. The molecule has 0 saturated heterocycles. The zero-order chi connectivity index (χ0) is 19.1. The molecule has 2 N–H and O–H groups in total. The van der Waals surface area contributed by atoms with Crippen molar-refractivity contribution in [3.63, 3.8) is 0 Å². The van der Waals surface area contributed by atoms with Gasteiger partial charge in [0, 0.05) is 27.6 Å². The maximum absolute atomic E-state index is 13.9. The van der Waals surface area contributed by atoms with E-state index in [-0.39, 0.29) is 32.6 Å². The van der Waals surface area contributed by atoms with Gasteiger partial charge in [-0.2, -0.15) is 18.4 Å². The minimum absolute atomic E-state index is 0.0506. The Balaban J connectivity index is 2.04. The van der Waals surface area contributed by atoms with E-state index in [0.29, 0.717) is 5.56 Å². The summed E-state index contributed by atoms with van der Waals surface area (Å²) in [5.74, 6) is 0. The molecule has 2 aromatic carbocycles. The van der Waals surface area contributed by atoms with Crippen molar-refractivity contribution in [2.45, 2.75) is 18.2 Å². The molecule has 4 nitrogen and oxygen atoms in total. The van der Waals surface area contributed by atoms with Crippen molar-refractivity contribution in [1.82, 2.24) is 0 Å². The summed E-state index contributed by atoms with van der Waals surface area (Å²) in [6, 6.07) is 9.77. The highest BCUT2D eigenvalue weighted by Gasteiger charge is 2.62. The average molecular weight is 400 g/mol. The largest absolute Gasteiger partial charge is 0.435 e. The smallest absolute Gasteiger partial charge is 0.398 e. The van der Waals surface area contributed by atoms with Gasteiger partial charge in [0.15, 0.2) is 0 Å². The topological polar surface area (TPSA) is 71.4 Å². The van der Waals surface area contributed by atoms with Gasteiger partial charge in [-0.3, -0.25) is 0 Å². The minimum atomic E-state index is -4.77. The van der Waals surface area contributed by atoms with Crippen LogP contribution in [-0.2, 0) is 10.4 Å². The Morgan fingerprint density at radius 3 is 2.35 bits per heavy atom. The molecule has 1 heterocycles. The Bertz CT molecular complexity index is 933. The van der Waals surface area contributed by atoms with Crippen LogP contribution in [-0.4, -0.2) is 11.9 Å². The van der Waals surface area contributed by atoms with Crippen molar-refractivity contribution in [2.24, 2.45) is 5.16 Å².